The van der Waals surface area contributed by atoms with Crippen LogP contribution in [0.5, 0.6) is 0 Å². The van der Waals surface area contributed by atoms with Gasteiger partial charge in [-0.1, -0.05) is 38.7 Å². The van der Waals surface area contributed by atoms with Crippen LogP contribution in [0.3, 0.4) is 0 Å². The maximum Gasteiger partial charge on any atom is 0.155 e. The molecule has 1 aliphatic rings. The van der Waals surface area contributed by atoms with Crippen molar-refractivity contribution < 1.29 is 4.79 Å². The molecule has 0 saturated carbocycles. The van der Waals surface area contributed by atoms with Gasteiger partial charge in [-0.2, -0.15) is 0 Å². The Morgan fingerprint density at radius 1 is 1.38 bits per heavy atom. The van der Waals surface area contributed by atoms with Crippen molar-refractivity contribution in [1.29, 1.82) is 0 Å². The summed E-state index contributed by atoms with van der Waals surface area (Å²) < 4.78 is 0. The van der Waals surface area contributed by atoms with Crippen LogP contribution in [0.2, 0.25) is 0 Å². The molecule has 0 heterocycles. The molecule has 1 nitrogen and oxygen atoms in total. The lowest BCUT2D eigenvalue weighted by Gasteiger charge is -2.16. The molecule has 0 aromatic carbocycles. The summed E-state index contributed by atoms with van der Waals surface area (Å²) in [6.07, 6.45) is 12.2. The van der Waals surface area contributed by atoms with Crippen molar-refractivity contribution in [2.75, 3.05) is 0 Å². The second-order valence-electron chi connectivity index (χ2n) is 4.02. The minimum Gasteiger partial charge on any atom is -0.295 e. The lowest BCUT2D eigenvalue weighted by atomic mass is 9.89. The van der Waals surface area contributed by atoms with Crippen LogP contribution in [-0.2, 0) is 4.79 Å². The van der Waals surface area contributed by atoms with Gasteiger partial charge in [-0.15, -0.1) is 0 Å². The number of hydrogen-bond acceptors (Lipinski definition) is 1. The Labute approximate surface area is 81.2 Å². The minimum atomic E-state index is 0.326. The van der Waals surface area contributed by atoms with Crippen molar-refractivity contribution in [1.82, 2.24) is 0 Å². The molecule has 0 N–H and O–H groups in total. The van der Waals surface area contributed by atoms with Crippen molar-refractivity contribution >= 4 is 5.78 Å². The largest absolute Gasteiger partial charge is 0.295 e. The van der Waals surface area contributed by atoms with E-state index in [-0.39, 0.29) is 0 Å². The zero-order valence-corrected chi connectivity index (χ0v) is 8.59. The summed E-state index contributed by atoms with van der Waals surface area (Å²) in [5.41, 5.74) is 0. The lowest BCUT2D eigenvalue weighted by molar-refractivity contribution is -0.115. The van der Waals surface area contributed by atoms with E-state index < -0.39 is 0 Å². The smallest absolute Gasteiger partial charge is 0.155 e. The number of carbonyl (C=O) groups excluding carboxylic acids is 1. The summed E-state index contributed by atoms with van der Waals surface area (Å²) in [5.74, 6) is 0.973. The predicted molar refractivity (Wildman–Crippen MR) is 55.6 cm³/mol. The van der Waals surface area contributed by atoms with E-state index >= 15 is 0 Å². The first kappa shape index (κ1) is 10.5. The molecule has 1 unspecified atom stereocenters. The van der Waals surface area contributed by atoms with Crippen LogP contribution in [0.4, 0.5) is 0 Å². The van der Waals surface area contributed by atoms with Crippen molar-refractivity contribution in [2.45, 2.75) is 51.9 Å². The molecule has 0 aromatic rings. The average molecular weight is 180 g/mol. The minimum absolute atomic E-state index is 0.326. The Hall–Kier alpha value is -0.590. The molecule has 0 saturated heterocycles. The third-order valence-electron chi connectivity index (χ3n) is 2.73. The second-order valence-corrected chi connectivity index (χ2v) is 4.02. The maximum absolute atomic E-state index is 11.1. The molecule has 0 spiro atoms. The van der Waals surface area contributed by atoms with Gasteiger partial charge in [0, 0.05) is 6.42 Å². The molecule has 1 heteroatoms. The van der Waals surface area contributed by atoms with E-state index in [0.717, 1.165) is 12.8 Å². The van der Waals surface area contributed by atoms with Crippen LogP contribution in [0, 0.1) is 5.92 Å². The van der Waals surface area contributed by atoms with Gasteiger partial charge in [0.2, 0.25) is 0 Å². The van der Waals surface area contributed by atoms with Gasteiger partial charge in [-0.05, 0) is 24.8 Å². The molecule has 13 heavy (non-hydrogen) atoms. The summed E-state index contributed by atoms with van der Waals surface area (Å²) >= 11 is 0. The van der Waals surface area contributed by atoms with Gasteiger partial charge in [0.1, 0.15) is 0 Å². The Bertz CT molecular complexity index is 182. The van der Waals surface area contributed by atoms with Crippen LogP contribution in [0.15, 0.2) is 12.2 Å². The number of rotatable bonds is 5. The van der Waals surface area contributed by atoms with Gasteiger partial charge in [0.15, 0.2) is 5.78 Å². The number of carbonyl (C=O) groups is 1. The highest BCUT2D eigenvalue weighted by Gasteiger charge is 2.14. The zero-order chi connectivity index (χ0) is 9.52. The first-order valence-corrected chi connectivity index (χ1v) is 5.52. The zero-order valence-electron chi connectivity index (χ0n) is 8.59. The highest BCUT2D eigenvalue weighted by atomic mass is 16.1. The summed E-state index contributed by atoms with van der Waals surface area (Å²) in [4.78, 5) is 11.1. The summed E-state index contributed by atoms with van der Waals surface area (Å²) in [6, 6.07) is 0. The van der Waals surface area contributed by atoms with E-state index in [1.165, 1.54) is 32.1 Å². The molecule has 0 amide bonds. The molecule has 1 rings (SSSR count). The van der Waals surface area contributed by atoms with Crippen molar-refractivity contribution in [3.05, 3.63) is 12.2 Å². The van der Waals surface area contributed by atoms with Crippen molar-refractivity contribution in [3.8, 4) is 0 Å². The maximum atomic E-state index is 11.1. The van der Waals surface area contributed by atoms with Gasteiger partial charge in [-0.25, -0.2) is 0 Å². The highest BCUT2D eigenvalue weighted by Crippen LogP contribution is 2.22. The number of allylic oxidation sites excluding steroid dienone is 2. The standard InChI is InChI=1S/C12H20O/c1-2-3-4-5-7-11-8-6-9-12(13)10-11/h6,9,11H,2-5,7-8,10H2,1H3. The van der Waals surface area contributed by atoms with Crippen LogP contribution < -0.4 is 0 Å². The highest BCUT2D eigenvalue weighted by molar-refractivity contribution is 5.90. The van der Waals surface area contributed by atoms with E-state index in [2.05, 4.69) is 6.92 Å². The van der Waals surface area contributed by atoms with E-state index in [0.29, 0.717) is 11.7 Å². The van der Waals surface area contributed by atoms with E-state index in [4.69, 9.17) is 0 Å². The molecule has 0 radical (unpaired) electrons. The van der Waals surface area contributed by atoms with Gasteiger partial charge in [0.05, 0.1) is 0 Å². The molecule has 1 aliphatic carbocycles. The molecule has 1 atom stereocenters. The van der Waals surface area contributed by atoms with Crippen LogP contribution >= 0.6 is 0 Å². The van der Waals surface area contributed by atoms with Crippen LogP contribution in [0.25, 0.3) is 0 Å². The van der Waals surface area contributed by atoms with E-state index in [1.807, 2.05) is 6.08 Å². The normalized spacial score (nSPS) is 22.2. The molecule has 0 aromatic heterocycles. The molecular formula is C12H20O. The molecule has 74 valence electrons. The quantitative estimate of drug-likeness (QED) is 0.592. The third kappa shape index (κ3) is 4.25. The van der Waals surface area contributed by atoms with Crippen molar-refractivity contribution in [3.63, 3.8) is 0 Å². The van der Waals surface area contributed by atoms with Gasteiger partial charge in [-0.3, -0.25) is 4.79 Å². The fourth-order valence-corrected chi connectivity index (χ4v) is 1.91. The fraction of sp³-hybridized carbons (Fsp3) is 0.750. The summed E-state index contributed by atoms with van der Waals surface area (Å²) in [5, 5.41) is 0. The monoisotopic (exact) mass is 180 g/mol. The Morgan fingerprint density at radius 3 is 2.92 bits per heavy atom. The molecular weight excluding hydrogens is 160 g/mol. The van der Waals surface area contributed by atoms with E-state index in [9.17, 15) is 4.79 Å². The van der Waals surface area contributed by atoms with Gasteiger partial charge >= 0.3 is 0 Å². The topological polar surface area (TPSA) is 17.1 Å². The molecule has 0 bridgehead atoms. The van der Waals surface area contributed by atoms with Crippen LogP contribution in [-0.4, -0.2) is 5.78 Å². The van der Waals surface area contributed by atoms with Gasteiger partial charge in [0.25, 0.3) is 0 Å². The predicted octanol–water partition coefficient (Wildman–Crippen LogP) is 3.49. The Kier molecular flexibility index (Phi) is 4.81. The average Bonchev–Trinajstić information content (AvgIpc) is 2.13. The Balaban J connectivity index is 2.08. The number of hydrogen-bond donors (Lipinski definition) is 0. The first-order chi connectivity index (χ1) is 6.33. The second kappa shape index (κ2) is 5.95. The third-order valence-corrected chi connectivity index (χ3v) is 2.73. The molecule has 0 fully saturated rings. The van der Waals surface area contributed by atoms with Crippen molar-refractivity contribution in [2.24, 2.45) is 5.92 Å². The lowest BCUT2D eigenvalue weighted by Crippen LogP contribution is -2.10. The SMILES string of the molecule is CCCCCCC1CC=CC(=O)C1. The van der Waals surface area contributed by atoms with Gasteiger partial charge < -0.3 is 0 Å². The Morgan fingerprint density at radius 2 is 2.23 bits per heavy atom. The fourth-order valence-electron chi connectivity index (χ4n) is 1.91. The van der Waals surface area contributed by atoms with Crippen LogP contribution in [0.1, 0.15) is 51.9 Å². The van der Waals surface area contributed by atoms with E-state index in [1.54, 1.807) is 6.08 Å². The number of ketones is 1. The number of unbranched alkanes of at least 4 members (excludes halogenated alkanes) is 3. The molecule has 0 aliphatic heterocycles. The summed E-state index contributed by atoms with van der Waals surface area (Å²) in [6.45, 7) is 2.23. The summed E-state index contributed by atoms with van der Waals surface area (Å²) in [7, 11) is 0. The first-order valence-electron chi connectivity index (χ1n) is 5.52.